The minimum atomic E-state index is -0.291. The first-order valence-electron chi connectivity index (χ1n) is 9.06. The minimum absolute atomic E-state index is 0.277. The second kappa shape index (κ2) is 6.16. The van der Waals surface area contributed by atoms with Crippen LogP contribution in [0.15, 0.2) is 36.8 Å². The van der Waals surface area contributed by atoms with Gasteiger partial charge in [-0.2, -0.15) is 5.26 Å². The monoisotopic (exact) mass is 360 g/mol. The quantitative estimate of drug-likeness (QED) is 0.775. The lowest BCUT2D eigenvalue weighted by molar-refractivity contribution is 0.602. The molecule has 134 valence electrons. The Hall–Kier alpha value is -3.27. The van der Waals surface area contributed by atoms with Crippen LogP contribution in [0.4, 0.5) is 10.2 Å². The fourth-order valence-corrected chi connectivity index (χ4v) is 3.75. The van der Waals surface area contributed by atoms with Gasteiger partial charge in [0.25, 0.3) is 0 Å². The summed E-state index contributed by atoms with van der Waals surface area (Å²) in [5, 5.41) is 9.61. The highest BCUT2D eigenvalue weighted by Gasteiger charge is 2.35. The number of aromatic amines is 1. The normalized spacial score (nSPS) is 18.8. The van der Waals surface area contributed by atoms with Crippen molar-refractivity contribution in [2.24, 2.45) is 0 Å². The molecule has 1 unspecified atom stereocenters. The van der Waals surface area contributed by atoms with E-state index in [-0.39, 0.29) is 11.9 Å². The number of hydrogen-bond donors (Lipinski definition) is 1. The molecule has 7 heteroatoms. The average Bonchev–Trinajstić information content (AvgIpc) is 3.43. The predicted molar refractivity (Wildman–Crippen MR) is 96.6 cm³/mol. The van der Waals surface area contributed by atoms with Gasteiger partial charge in [0.05, 0.1) is 30.0 Å². The Labute approximate surface area is 155 Å². The molecule has 5 rings (SSSR count). The summed E-state index contributed by atoms with van der Waals surface area (Å²) in [6, 6.07) is 8.50. The molecule has 1 aliphatic carbocycles. The third kappa shape index (κ3) is 2.74. The first kappa shape index (κ1) is 15.9. The van der Waals surface area contributed by atoms with Crippen LogP contribution in [-0.4, -0.2) is 26.5 Å². The molecule has 27 heavy (non-hydrogen) atoms. The molecular formula is C20H17FN6. The maximum Gasteiger partial charge on any atom is 0.151 e. The Morgan fingerprint density at radius 1 is 1.26 bits per heavy atom. The lowest BCUT2D eigenvalue weighted by Crippen LogP contribution is -2.37. The van der Waals surface area contributed by atoms with Crippen molar-refractivity contribution < 1.29 is 4.39 Å². The van der Waals surface area contributed by atoms with Gasteiger partial charge in [-0.1, -0.05) is 12.1 Å². The average molecular weight is 360 g/mol. The zero-order valence-electron chi connectivity index (χ0n) is 14.6. The highest BCUT2D eigenvalue weighted by atomic mass is 19.1. The molecule has 0 bridgehead atoms. The third-order valence-corrected chi connectivity index (χ3v) is 5.21. The van der Waals surface area contributed by atoms with Crippen LogP contribution in [0.5, 0.6) is 0 Å². The summed E-state index contributed by atoms with van der Waals surface area (Å²) in [5.41, 5.74) is 3.12. The van der Waals surface area contributed by atoms with E-state index in [4.69, 9.17) is 4.98 Å². The number of nitrogens with one attached hydrogen (secondary N) is 1. The van der Waals surface area contributed by atoms with Crippen LogP contribution in [0.1, 0.15) is 53.1 Å². The number of hydrogen-bond acceptors (Lipinski definition) is 5. The van der Waals surface area contributed by atoms with Crippen LogP contribution in [0.2, 0.25) is 0 Å². The molecule has 0 radical (unpaired) electrons. The first-order valence-corrected chi connectivity index (χ1v) is 9.06. The number of halogens is 1. The summed E-state index contributed by atoms with van der Waals surface area (Å²) in [6.07, 6.45) is 6.19. The molecule has 1 saturated carbocycles. The van der Waals surface area contributed by atoms with E-state index in [0.717, 1.165) is 42.0 Å². The van der Waals surface area contributed by atoms with E-state index in [1.54, 1.807) is 18.6 Å². The summed E-state index contributed by atoms with van der Waals surface area (Å²) >= 11 is 0. The van der Waals surface area contributed by atoms with Gasteiger partial charge in [-0.15, -0.1) is 0 Å². The number of nitriles is 1. The van der Waals surface area contributed by atoms with Crippen LogP contribution in [0, 0.1) is 17.1 Å². The van der Waals surface area contributed by atoms with Gasteiger partial charge in [0.1, 0.15) is 23.3 Å². The lowest BCUT2D eigenvalue weighted by atomic mass is 9.95. The topological polar surface area (TPSA) is 81.5 Å². The maximum absolute atomic E-state index is 14.0. The largest absolute Gasteiger partial charge is 0.346 e. The van der Waals surface area contributed by atoms with Crippen LogP contribution in [0.25, 0.3) is 0 Å². The molecule has 3 heterocycles. The van der Waals surface area contributed by atoms with Crippen molar-refractivity contribution >= 4 is 5.82 Å². The summed E-state index contributed by atoms with van der Waals surface area (Å²) in [6.45, 7) is 0.648. The Morgan fingerprint density at radius 2 is 2.15 bits per heavy atom. The van der Waals surface area contributed by atoms with Crippen molar-refractivity contribution in [1.29, 1.82) is 5.26 Å². The second-order valence-corrected chi connectivity index (χ2v) is 7.02. The predicted octanol–water partition coefficient (Wildman–Crippen LogP) is 3.24. The van der Waals surface area contributed by atoms with Crippen molar-refractivity contribution in [3.8, 4) is 6.07 Å². The van der Waals surface area contributed by atoms with Crippen LogP contribution in [-0.2, 0) is 6.42 Å². The van der Waals surface area contributed by atoms with Crippen LogP contribution in [0.3, 0.4) is 0 Å². The van der Waals surface area contributed by atoms with Crippen molar-refractivity contribution in [3.63, 3.8) is 0 Å². The van der Waals surface area contributed by atoms with E-state index in [9.17, 15) is 9.65 Å². The molecule has 2 aromatic heterocycles. The number of benzene rings is 1. The third-order valence-electron chi connectivity index (χ3n) is 5.21. The first-order chi connectivity index (χ1) is 13.2. The molecule has 6 nitrogen and oxygen atoms in total. The van der Waals surface area contributed by atoms with Gasteiger partial charge < -0.3 is 9.88 Å². The lowest BCUT2D eigenvalue weighted by Gasteiger charge is -2.36. The zero-order chi connectivity index (χ0) is 18.4. The molecule has 0 saturated heterocycles. The standard InChI is InChI=1S/C20H17FN6/c21-15-3-1-2-13(8-15)18-17-16(24-11-25-17)6-7-27(18)20-14(9-22)10-23-19(26-20)12-4-5-12/h1-3,8,10-12,18H,4-7H2,(H,24,25). The number of anilines is 1. The van der Waals surface area contributed by atoms with Gasteiger partial charge in [0.2, 0.25) is 0 Å². The number of rotatable bonds is 3. The number of nitrogens with zero attached hydrogens (tertiary/aromatic N) is 5. The summed E-state index contributed by atoms with van der Waals surface area (Å²) in [5.74, 6) is 1.50. The number of aromatic nitrogens is 4. The van der Waals surface area contributed by atoms with Gasteiger partial charge >= 0.3 is 0 Å². The molecule has 3 aromatic rings. The van der Waals surface area contributed by atoms with E-state index < -0.39 is 0 Å². The van der Waals surface area contributed by atoms with Gasteiger partial charge in [-0.05, 0) is 30.5 Å². The van der Waals surface area contributed by atoms with Crippen molar-refractivity contribution in [3.05, 3.63) is 70.9 Å². The molecule has 2 aliphatic rings. The van der Waals surface area contributed by atoms with Crippen LogP contribution >= 0.6 is 0 Å². The molecule has 0 amide bonds. The fourth-order valence-electron chi connectivity index (χ4n) is 3.75. The molecule has 1 atom stereocenters. The number of fused-ring (bicyclic) bond motifs is 1. The number of imidazole rings is 1. The Balaban J connectivity index is 1.67. The van der Waals surface area contributed by atoms with Crippen molar-refractivity contribution in [2.75, 3.05) is 11.4 Å². The highest BCUT2D eigenvalue weighted by Crippen LogP contribution is 2.41. The smallest absolute Gasteiger partial charge is 0.151 e. The van der Waals surface area contributed by atoms with E-state index >= 15 is 0 Å². The Morgan fingerprint density at radius 3 is 2.93 bits per heavy atom. The Bertz CT molecular complexity index is 1050. The molecule has 1 N–H and O–H groups in total. The fraction of sp³-hybridized carbons (Fsp3) is 0.300. The summed E-state index contributed by atoms with van der Waals surface area (Å²) in [4.78, 5) is 18.8. The number of H-pyrrole nitrogens is 1. The summed E-state index contributed by atoms with van der Waals surface area (Å²) in [7, 11) is 0. The molecule has 0 spiro atoms. The molecule has 1 fully saturated rings. The van der Waals surface area contributed by atoms with E-state index in [1.807, 2.05) is 6.07 Å². The zero-order valence-corrected chi connectivity index (χ0v) is 14.6. The van der Waals surface area contributed by atoms with E-state index in [0.29, 0.717) is 23.8 Å². The van der Waals surface area contributed by atoms with Gasteiger partial charge in [0, 0.05) is 18.9 Å². The SMILES string of the molecule is N#Cc1cnc(C2CC2)nc1N1CCc2nc[nH]c2C1c1cccc(F)c1. The van der Waals surface area contributed by atoms with Crippen molar-refractivity contribution in [1.82, 2.24) is 19.9 Å². The second-order valence-electron chi connectivity index (χ2n) is 7.02. The highest BCUT2D eigenvalue weighted by molar-refractivity contribution is 5.58. The van der Waals surface area contributed by atoms with Gasteiger partial charge in [-0.25, -0.2) is 19.3 Å². The molecule has 1 aliphatic heterocycles. The van der Waals surface area contributed by atoms with Gasteiger partial charge in [-0.3, -0.25) is 0 Å². The molecule has 1 aromatic carbocycles. The van der Waals surface area contributed by atoms with E-state index in [2.05, 4.69) is 25.9 Å². The van der Waals surface area contributed by atoms with Gasteiger partial charge in [0.15, 0.2) is 5.82 Å². The summed E-state index contributed by atoms with van der Waals surface area (Å²) < 4.78 is 14.0. The maximum atomic E-state index is 14.0. The van der Waals surface area contributed by atoms with E-state index in [1.165, 1.54) is 12.1 Å². The Kier molecular flexibility index (Phi) is 3.64. The van der Waals surface area contributed by atoms with Crippen LogP contribution < -0.4 is 4.90 Å². The molecular weight excluding hydrogens is 343 g/mol. The van der Waals surface area contributed by atoms with Crippen molar-refractivity contribution in [2.45, 2.75) is 31.2 Å². The minimum Gasteiger partial charge on any atom is -0.346 e.